The number of hydrogen-bond acceptors (Lipinski definition) is 6. The number of benzene rings is 3. The third-order valence-electron chi connectivity index (χ3n) is 7.40. The Bertz CT molecular complexity index is 1900. The van der Waals surface area contributed by atoms with Crippen molar-refractivity contribution in [3.8, 4) is 5.75 Å². The first kappa shape index (κ1) is 30.5. The van der Waals surface area contributed by atoms with Crippen molar-refractivity contribution in [3.63, 3.8) is 0 Å². The lowest BCUT2D eigenvalue weighted by Gasteiger charge is -2.10. The molecule has 3 aromatic carbocycles. The van der Waals surface area contributed by atoms with Gasteiger partial charge in [0.25, 0.3) is 5.56 Å². The minimum absolute atomic E-state index is 0.00848. The molecular weight excluding hydrogens is 564 g/mol. The van der Waals surface area contributed by atoms with Gasteiger partial charge >= 0.3 is 0 Å². The Morgan fingerprint density at radius 1 is 1.05 bits per heavy atom. The minimum atomic E-state index is -0.991. The Kier molecular flexibility index (Phi) is 9.40. The highest BCUT2D eigenvalue weighted by atomic mass is 19.2. The number of aromatic nitrogens is 4. The van der Waals surface area contributed by atoms with E-state index in [2.05, 4.69) is 4.98 Å². The van der Waals surface area contributed by atoms with Crippen molar-refractivity contribution in [1.29, 1.82) is 0 Å². The van der Waals surface area contributed by atoms with Crippen molar-refractivity contribution in [2.45, 2.75) is 32.7 Å². The van der Waals surface area contributed by atoms with Crippen LogP contribution in [0.3, 0.4) is 0 Å². The quantitative estimate of drug-likeness (QED) is 0.194. The van der Waals surface area contributed by atoms with Crippen LogP contribution in [0, 0.1) is 18.6 Å². The second-order valence-corrected chi connectivity index (χ2v) is 10.5. The van der Waals surface area contributed by atoms with Crippen molar-refractivity contribution in [1.82, 2.24) is 19.3 Å². The van der Waals surface area contributed by atoms with Gasteiger partial charge in [0, 0.05) is 43.7 Å². The molecule has 0 unspecified atom stereocenters. The highest BCUT2D eigenvalue weighted by Gasteiger charge is 2.21. The molecule has 0 aliphatic rings. The van der Waals surface area contributed by atoms with Gasteiger partial charge in [-0.2, -0.15) is 0 Å². The number of rotatable bonds is 12. The van der Waals surface area contributed by atoms with Gasteiger partial charge in [0.1, 0.15) is 29.3 Å². The number of carbonyl (C=O) groups is 1. The molecule has 0 fully saturated rings. The molecule has 0 atom stereocenters. The topological polar surface area (TPSA) is 105 Å². The molecule has 2 heterocycles. The first-order valence-electron chi connectivity index (χ1n) is 14.3. The van der Waals surface area contributed by atoms with E-state index in [1.165, 1.54) is 10.7 Å². The van der Waals surface area contributed by atoms with E-state index in [1.54, 1.807) is 24.9 Å². The third kappa shape index (κ3) is 6.81. The van der Waals surface area contributed by atoms with Crippen molar-refractivity contribution < 1.29 is 18.3 Å². The lowest BCUT2D eigenvalue weighted by Crippen LogP contribution is -2.25. The number of ketones is 1. The van der Waals surface area contributed by atoms with Crippen molar-refractivity contribution in [2.24, 2.45) is 12.8 Å². The largest absolute Gasteiger partial charge is 0.490 e. The van der Waals surface area contributed by atoms with Gasteiger partial charge in [0.2, 0.25) is 0 Å². The Hall–Kier alpha value is -4.96. The number of fused-ring (bicyclic) bond motifs is 1. The molecule has 2 aromatic heterocycles. The molecule has 44 heavy (non-hydrogen) atoms. The summed E-state index contributed by atoms with van der Waals surface area (Å²) in [6.45, 7) is 2.39. The van der Waals surface area contributed by atoms with E-state index >= 15 is 0 Å². The maximum Gasteiger partial charge on any atom is 0.278 e. The van der Waals surface area contributed by atoms with Crippen LogP contribution < -0.4 is 16.0 Å². The fourth-order valence-corrected chi connectivity index (χ4v) is 5.04. The Morgan fingerprint density at radius 2 is 1.84 bits per heavy atom. The third-order valence-corrected chi connectivity index (χ3v) is 7.40. The molecule has 226 valence electrons. The average molecular weight is 598 g/mol. The van der Waals surface area contributed by atoms with Crippen molar-refractivity contribution in [2.75, 3.05) is 13.2 Å². The van der Waals surface area contributed by atoms with Gasteiger partial charge in [-0.1, -0.05) is 48.6 Å². The first-order chi connectivity index (χ1) is 21.2. The van der Waals surface area contributed by atoms with Crippen LogP contribution in [0.5, 0.6) is 5.75 Å². The molecule has 0 radical (unpaired) electrons. The summed E-state index contributed by atoms with van der Waals surface area (Å²) < 4.78 is 35.9. The van der Waals surface area contributed by atoms with Gasteiger partial charge in [-0.3, -0.25) is 14.3 Å². The molecule has 5 aromatic rings. The lowest BCUT2D eigenvalue weighted by atomic mass is 10.1. The number of nitrogens with zero attached hydrogens (tertiary/aromatic N) is 4. The molecular formula is C34H33F2N5O3. The van der Waals surface area contributed by atoms with Crippen LogP contribution in [0.4, 0.5) is 8.78 Å². The summed E-state index contributed by atoms with van der Waals surface area (Å²) in [5, 5.41) is 0.813. The molecule has 2 N–H and O–H groups in total. The Labute approximate surface area is 253 Å². The van der Waals surface area contributed by atoms with Gasteiger partial charge < -0.3 is 10.5 Å². The number of ether oxygens (including phenoxy) is 1. The zero-order chi connectivity index (χ0) is 31.2. The van der Waals surface area contributed by atoms with E-state index in [-0.39, 0.29) is 24.3 Å². The first-order valence-corrected chi connectivity index (χ1v) is 14.3. The number of hydrogen-bond donors (Lipinski definition) is 1. The van der Waals surface area contributed by atoms with Gasteiger partial charge in [-0.15, -0.1) is 0 Å². The molecule has 8 nitrogen and oxygen atoms in total. The van der Waals surface area contributed by atoms with E-state index < -0.39 is 17.2 Å². The van der Waals surface area contributed by atoms with Gasteiger partial charge in [0.15, 0.2) is 17.4 Å². The number of halogens is 2. The molecule has 0 bridgehead atoms. The van der Waals surface area contributed by atoms with E-state index in [0.717, 1.165) is 28.6 Å². The van der Waals surface area contributed by atoms with Crippen LogP contribution >= 0.6 is 0 Å². The summed E-state index contributed by atoms with van der Waals surface area (Å²) in [6.07, 6.45) is 6.66. The minimum Gasteiger partial charge on any atom is -0.490 e. The van der Waals surface area contributed by atoms with Crippen LogP contribution in [0.25, 0.3) is 17.0 Å². The van der Waals surface area contributed by atoms with Gasteiger partial charge in [-0.05, 0) is 54.3 Å². The van der Waals surface area contributed by atoms with Crippen LogP contribution in [0.1, 0.15) is 51.4 Å². The Morgan fingerprint density at radius 3 is 2.59 bits per heavy atom. The normalized spacial score (nSPS) is 11.5. The van der Waals surface area contributed by atoms with Crippen LogP contribution in [-0.4, -0.2) is 38.3 Å². The number of carbonyl (C=O) groups excluding carboxylic acids is 1. The predicted octanol–water partition coefficient (Wildman–Crippen LogP) is 5.37. The predicted molar refractivity (Wildman–Crippen MR) is 166 cm³/mol. The fraction of sp³-hybridized carbons (Fsp3) is 0.235. The molecule has 0 spiro atoms. The number of allylic oxidation sites excluding steroid dienone is 1. The summed E-state index contributed by atoms with van der Waals surface area (Å²) in [6, 6.07) is 17.3. The smallest absolute Gasteiger partial charge is 0.278 e. The van der Waals surface area contributed by atoms with Crippen LogP contribution in [-0.2, 0) is 20.0 Å². The van der Waals surface area contributed by atoms with Gasteiger partial charge in [0.05, 0.1) is 6.54 Å². The molecule has 0 aliphatic heterocycles. The summed E-state index contributed by atoms with van der Waals surface area (Å²) in [4.78, 5) is 35.6. The molecule has 5 rings (SSSR count). The monoisotopic (exact) mass is 597 g/mol. The summed E-state index contributed by atoms with van der Waals surface area (Å²) in [5.74, 6) is -0.960. The van der Waals surface area contributed by atoms with Crippen LogP contribution in [0.2, 0.25) is 0 Å². The summed E-state index contributed by atoms with van der Waals surface area (Å²) >= 11 is 0. The maximum atomic E-state index is 13.7. The van der Waals surface area contributed by atoms with E-state index in [9.17, 15) is 18.4 Å². The zero-order valence-electron chi connectivity index (χ0n) is 24.6. The lowest BCUT2D eigenvalue weighted by molar-refractivity contribution is 0.0982. The van der Waals surface area contributed by atoms with Gasteiger partial charge in [-0.25, -0.2) is 23.4 Å². The molecule has 0 amide bonds. The molecule has 0 aliphatic carbocycles. The number of Topliss-reactive ketones (excluding diaryl/α,β-unsaturated/α-hetero) is 1. The Balaban J connectivity index is 1.30. The van der Waals surface area contributed by atoms with E-state index in [4.69, 9.17) is 15.5 Å². The van der Waals surface area contributed by atoms with Crippen molar-refractivity contribution >= 4 is 22.8 Å². The highest BCUT2D eigenvalue weighted by molar-refractivity contribution is 5.97. The average Bonchev–Trinajstić information content (AvgIpc) is 3.23. The second kappa shape index (κ2) is 13.6. The summed E-state index contributed by atoms with van der Waals surface area (Å²) in [7, 11) is 1.66. The standard InChI is InChI=1S/C34H33F2N5O3/c1-22-32(34(43)41(40(22)2)21-25-12-13-27(35)28(36)17-25)29(42)11-7-6-10-24-16-26-20-38-31(19-23-8-4-3-5-9-23)39-33(26)30(18-24)44-15-14-37/h3-6,8-10,12-13,16-18,20H,7,11,14-15,19,21,37H2,1-2H3/b10-6+. The zero-order valence-corrected chi connectivity index (χ0v) is 24.6. The van der Waals surface area contributed by atoms with Crippen LogP contribution in [0.15, 0.2) is 77.7 Å². The maximum absolute atomic E-state index is 13.7. The fourth-order valence-electron chi connectivity index (χ4n) is 5.04. The molecule has 10 heteroatoms. The highest BCUT2D eigenvalue weighted by Crippen LogP contribution is 2.27. The van der Waals surface area contributed by atoms with Crippen molar-refractivity contribution in [3.05, 3.63) is 129 Å². The SMILES string of the molecule is Cc1c(C(=O)CC/C=C/c2cc(OCCN)c3nc(Cc4ccccc4)ncc3c2)c(=O)n(Cc2ccc(F)c(F)c2)n1C. The summed E-state index contributed by atoms with van der Waals surface area (Å²) in [5.41, 5.74) is 8.90. The molecule has 0 saturated carbocycles. The second-order valence-electron chi connectivity index (χ2n) is 10.5. The van der Waals surface area contributed by atoms with E-state index in [0.29, 0.717) is 54.3 Å². The number of nitrogens with two attached hydrogens (primary N) is 1. The molecule has 0 saturated heterocycles. The van der Waals surface area contributed by atoms with E-state index in [1.807, 2.05) is 54.6 Å².